The first-order chi connectivity index (χ1) is 10.6. The lowest BCUT2D eigenvalue weighted by atomic mass is 9.77. The van der Waals surface area contributed by atoms with E-state index in [2.05, 4.69) is 48.7 Å². The molecule has 0 spiro atoms. The van der Waals surface area contributed by atoms with Gasteiger partial charge in [0.2, 0.25) is 0 Å². The summed E-state index contributed by atoms with van der Waals surface area (Å²) in [5.74, 6) is 0.875. The number of rotatable bonds is 1. The van der Waals surface area contributed by atoms with Gasteiger partial charge >= 0.3 is 0 Å². The topological polar surface area (TPSA) is 12.0 Å². The number of halogens is 2. The molecule has 2 aromatic rings. The Hall–Kier alpha value is -1.44. The third-order valence-electron chi connectivity index (χ3n) is 4.78. The van der Waals surface area contributed by atoms with Gasteiger partial charge in [-0.25, -0.2) is 0 Å². The van der Waals surface area contributed by atoms with Crippen LogP contribution in [0.15, 0.2) is 48.6 Å². The fraction of sp³-hybridized carbons (Fsp3) is 0.263. The molecule has 112 valence electrons. The van der Waals surface area contributed by atoms with E-state index in [0.717, 1.165) is 17.1 Å². The summed E-state index contributed by atoms with van der Waals surface area (Å²) in [7, 11) is 0. The highest BCUT2D eigenvalue weighted by Gasteiger charge is 2.39. The van der Waals surface area contributed by atoms with E-state index in [1.807, 2.05) is 12.1 Å². The highest BCUT2D eigenvalue weighted by molar-refractivity contribution is 6.35. The van der Waals surface area contributed by atoms with Gasteiger partial charge in [-0.05, 0) is 37.0 Å². The van der Waals surface area contributed by atoms with E-state index in [-0.39, 0.29) is 0 Å². The quantitative estimate of drug-likeness (QED) is 0.620. The molecular formula is C19H17Cl2N. The molecule has 1 heterocycles. The summed E-state index contributed by atoms with van der Waals surface area (Å²) in [6.07, 6.45) is 5.65. The first-order valence-electron chi connectivity index (χ1n) is 7.62. The Labute approximate surface area is 140 Å². The van der Waals surface area contributed by atoms with Gasteiger partial charge in [0.25, 0.3) is 0 Å². The molecule has 0 amide bonds. The van der Waals surface area contributed by atoms with Crippen molar-refractivity contribution >= 4 is 28.9 Å². The zero-order chi connectivity index (χ0) is 15.3. The highest BCUT2D eigenvalue weighted by atomic mass is 35.5. The maximum Gasteiger partial charge on any atom is 0.0554 e. The lowest BCUT2D eigenvalue weighted by Gasteiger charge is -2.38. The molecule has 0 radical (unpaired) electrons. The fourth-order valence-corrected chi connectivity index (χ4v) is 4.46. The second-order valence-corrected chi connectivity index (χ2v) is 7.08. The molecular weight excluding hydrogens is 313 g/mol. The zero-order valence-corrected chi connectivity index (χ0v) is 13.8. The van der Waals surface area contributed by atoms with Crippen LogP contribution in [-0.2, 0) is 0 Å². The average Bonchev–Trinajstić information content (AvgIpc) is 2.94. The zero-order valence-electron chi connectivity index (χ0n) is 12.3. The second-order valence-electron chi connectivity index (χ2n) is 6.24. The summed E-state index contributed by atoms with van der Waals surface area (Å²) in [4.78, 5) is 0. The summed E-state index contributed by atoms with van der Waals surface area (Å²) >= 11 is 12.7. The SMILES string of the molecule is Cc1cccc(C2Nc3cc(Cl)cc(Cl)c3C3C=CCC32)c1. The van der Waals surface area contributed by atoms with Crippen molar-refractivity contribution in [1.29, 1.82) is 0 Å². The van der Waals surface area contributed by atoms with Crippen LogP contribution in [0.3, 0.4) is 0 Å². The lowest BCUT2D eigenvalue weighted by Crippen LogP contribution is -2.29. The average molecular weight is 330 g/mol. The van der Waals surface area contributed by atoms with Crippen LogP contribution >= 0.6 is 23.2 Å². The van der Waals surface area contributed by atoms with Crippen molar-refractivity contribution in [1.82, 2.24) is 0 Å². The summed E-state index contributed by atoms with van der Waals surface area (Å²) < 4.78 is 0. The number of benzene rings is 2. The largest absolute Gasteiger partial charge is 0.378 e. The number of aryl methyl sites for hydroxylation is 1. The van der Waals surface area contributed by atoms with E-state index in [9.17, 15) is 0 Å². The second kappa shape index (κ2) is 5.33. The molecule has 1 N–H and O–H groups in total. The number of hydrogen-bond donors (Lipinski definition) is 1. The molecule has 3 heteroatoms. The monoisotopic (exact) mass is 329 g/mol. The molecule has 4 rings (SSSR count). The predicted octanol–water partition coefficient (Wildman–Crippen LogP) is 6.13. The van der Waals surface area contributed by atoms with Crippen LogP contribution in [0.4, 0.5) is 5.69 Å². The molecule has 3 unspecified atom stereocenters. The van der Waals surface area contributed by atoms with Crippen LogP contribution in [0.5, 0.6) is 0 Å². The van der Waals surface area contributed by atoms with Crippen molar-refractivity contribution in [2.24, 2.45) is 5.92 Å². The highest BCUT2D eigenvalue weighted by Crippen LogP contribution is 2.52. The smallest absolute Gasteiger partial charge is 0.0554 e. The van der Waals surface area contributed by atoms with Gasteiger partial charge < -0.3 is 5.32 Å². The molecule has 1 aliphatic carbocycles. The summed E-state index contributed by atoms with van der Waals surface area (Å²) in [5, 5.41) is 5.13. The normalized spacial score (nSPS) is 25.5. The molecule has 0 saturated heterocycles. The molecule has 2 aromatic carbocycles. The van der Waals surface area contributed by atoms with Gasteiger partial charge in [0, 0.05) is 27.2 Å². The maximum atomic E-state index is 6.47. The minimum Gasteiger partial charge on any atom is -0.378 e. The van der Waals surface area contributed by atoms with Crippen molar-refractivity contribution in [3.8, 4) is 0 Å². The van der Waals surface area contributed by atoms with Gasteiger partial charge in [0.1, 0.15) is 0 Å². The first-order valence-corrected chi connectivity index (χ1v) is 8.38. The van der Waals surface area contributed by atoms with Gasteiger partial charge in [0.15, 0.2) is 0 Å². The van der Waals surface area contributed by atoms with E-state index in [4.69, 9.17) is 23.2 Å². The van der Waals surface area contributed by atoms with E-state index in [1.54, 1.807) is 0 Å². The molecule has 0 saturated carbocycles. The maximum absolute atomic E-state index is 6.47. The molecule has 3 atom stereocenters. The Balaban J connectivity index is 1.84. The number of fused-ring (bicyclic) bond motifs is 3. The fourth-order valence-electron chi connectivity index (χ4n) is 3.84. The number of allylic oxidation sites excluding steroid dienone is 2. The van der Waals surface area contributed by atoms with E-state index in [1.165, 1.54) is 16.7 Å². The van der Waals surface area contributed by atoms with E-state index >= 15 is 0 Å². The van der Waals surface area contributed by atoms with Crippen LogP contribution in [0, 0.1) is 12.8 Å². The third kappa shape index (κ3) is 2.24. The Kier molecular flexibility index (Phi) is 3.43. The lowest BCUT2D eigenvalue weighted by molar-refractivity contribution is 0.425. The molecule has 0 aromatic heterocycles. The van der Waals surface area contributed by atoms with Gasteiger partial charge in [-0.1, -0.05) is 65.2 Å². The first kappa shape index (κ1) is 14.2. The predicted molar refractivity (Wildman–Crippen MR) is 94.0 cm³/mol. The van der Waals surface area contributed by atoms with Crippen LogP contribution in [0.1, 0.15) is 35.1 Å². The molecule has 0 fully saturated rings. The molecule has 2 aliphatic rings. The standard InChI is InChI=1S/C19H17Cl2N/c1-11-4-2-5-12(8-11)19-15-7-3-6-14(15)18-16(21)9-13(20)10-17(18)22-19/h2-6,8-10,14-15,19,22H,7H2,1H3. The van der Waals surface area contributed by atoms with Crippen LogP contribution in [0.2, 0.25) is 10.0 Å². The number of hydrogen-bond acceptors (Lipinski definition) is 1. The van der Waals surface area contributed by atoms with Gasteiger partial charge in [-0.2, -0.15) is 0 Å². The molecule has 1 nitrogen and oxygen atoms in total. The Morgan fingerprint density at radius 1 is 1.14 bits per heavy atom. The number of nitrogens with one attached hydrogen (secondary N) is 1. The molecule has 1 aliphatic heterocycles. The number of anilines is 1. The summed E-state index contributed by atoms with van der Waals surface area (Å²) in [5.41, 5.74) is 4.88. The van der Waals surface area contributed by atoms with Crippen LogP contribution in [0.25, 0.3) is 0 Å². The van der Waals surface area contributed by atoms with Gasteiger partial charge in [0.05, 0.1) is 6.04 Å². The van der Waals surface area contributed by atoms with Crippen molar-refractivity contribution < 1.29 is 0 Å². The van der Waals surface area contributed by atoms with Crippen LogP contribution in [-0.4, -0.2) is 0 Å². The minimum absolute atomic E-state index is 0.293. The van der Waals surface area contributed by atoms with E-state index in [0.29, 0.717) is 22.9 Å². The summed E-state index contributed by atoms with van der Waals surface area (Å²) in [6.45, 7) is 2.14. The van der Waals surface area contributed by atoms with Crippen LogP contribution < -0.4 is 5.32 Å². The van der Waals surface area contributed by atoms with E-state index < -0.39 is 0 Å². The molecule has 22 heavy (non-hydrogen) atoms. The molecule has 0 bridgehead atoms. The Morgan fingerprint density at radius 2 is 2.00 bits per heavy atom. The third-order valence-corrected chi connectivity index (χ3v) is 5.31. The summed E-state index contributed by atoms with van der Waals surface area (Å²) in [6, 6.07) is 12.9. The minimum atomic E-state index is 0.293. The van der Waals surface area contributed by atoms with Crippen molar-refractivity contribution in [3.63, 3.8) is 0 Å². The van der Waals surface area contributed by atoms with Gasteiger partial charge in [-0.3, -0.25) is 0 Å². The van der Waals surface area contributed by atoms with Crippen molar-refractivity contribution in [2.45, 2.75) is 25.3 Å². The van der Waals surface area contributed by atoms with Crippen molar-refractivity contribution in [3.05, 3.63) is 75.3 Å². The van der Waals surface area contributed by atoms with Crippen molar-refractivity contribution in [2.75, 3.05) is 5.32 Å². The Bertz CT molecular complexity index is 766. The van der Waals surface area contributed by atoms with Gasteiger partial charge in [-0.15, -0.1) is 0 Å². The Morgan fingerprint density at radius 3 is 2.82 bits per heavy atom.